The quantitative estimate of drug-likeness (QED) is 0.530. The van der Waals surface area contributed by atoms with Crippen molar-refractivity contribution in [3.8, 4) is 0 Å². The van der Waals surface area contributed by atoms with E-state index in [1.54, 1.807) is 36.4 Å². The number of benzene rings is 2. The minimum atomic E-state index is -3.54. The monoisotopic (exact) mass is 475 g/mol. The molecule has 0 saturated carbocycles. The molecule has 0 atom stereocenters. The van der Waals surface area contributed by atoms with Gasteiger partial charge < -0.3 is 5.32 Å². The molecule has 0 aromatic heterocycles. The molecule has 0 bridgehead atoms. The van der Waals surface area contributed by atoms with E-state index in [1.807, 2.05) is 26.0 Å². The molecule has 32 heavy (non-hydrogen) atoms. The summed E-state index contributed by atoms with van der Waals surface area (Å²) in [5.74, 6) is -0.308. The fraction of sp³-hybridized carbons (Fsp3) is 0.417. The zero-order valence-electron chi connectivity index (χ0n) is 19.4. The average molecular weight is 476 g/mol. The van der Waals surface area contributed by atoms with Crippen LogP contribution >= 0.6 is 12.2 Å². The molecule has 1 amide bonds. The van der Waals surface area contributed by atoms with Crippen LogP contribution in [0.15, 0.2) is 53.4 Å². The zero-order chi connectivity index (χ0) is 23.9. The number of carbonyl (C=O) groups is 1. The van der Waals surface area contributed by atoms with Crippen LogP contribution in [0, 0.1) is 0 Å². The van der Waals surface area contributed by atoms with E-state index in [1.165, 1.54) is 4.31 Å². The highest BCUT2D eigenvalue weighted by Gasteiger charge is 2.23. The lowest BCUT2D eigenvalue weighted by atomic mass is 9.87. The normalized spacial score (nSPS) is 11.9. The van der Waals surface area contributed by atoms with Crippen molar-refractivity contribution in [3.05, 3.63) is 59.7 Å². The van der Waals surface area contributed by atoms with Gasteiger partial charge >= 0.3 is 0 Å². The van der Waals surface area contributed by atoms with Gasteiger partial charge in [0.1, 0.15) is 0 Å². The highest BCUT2D eigenvalue weighted by Crippen LogP contribution is 2.22. The van der Waals surface area contributed by atoms with Crippen molar-refractivity contribution in [3.63, 3.8) is 0 Å². The molecule has 0 spiro atoms. The Hall–Kier alpha value is -2.29. The third-order valence-electron chi connectivity index (χ3n) is 4.94. The maximum atomic E-state index is 12.9. The van der Waals surface area contributed by atoms with E-state index in [0.717, 1.165) is 18.4 Å². The van der Waals surface area contributed by atoms with Gasteiger partial charge in [-0.25, -0.2) is 8.42 Å². The Balaban J connectivity index is 2.02. The van der Waals surface area contributed by atoms with Crippen LogP contribution in [0.4, 0.5) is 5.69 Å². The molecule has 6 nitrogen and oxygen atoms in total. The molecule has 0 fully saturated rings. The van der Waals surface area contributed by atoms with Gasteiger partial charge in [-0.05, 0) is 72.4 Å². The van der Waals surface area contributed by atoms with E-state index in [-0.39, 0.29) is 21.3 Å². The van der Waals surface area contributed by atoms with Crippen LogP contribution in [0.5, 0.6) is 0 Å². The summed E-state index contributed by atoms with van der Waals surface area (Å²) in [4.78, 5) is 12.7. The largest absolute Gasteiger partial charge is 0.332 e. The van der Waals surface area contributed by atoms with Crippen molar-refractivity contribution in [2.75, 3.05) is 18.4 Å². The molecular formula is C24H33N3O3S2. The molecule has 0 saturated heterocycles. The molecule has 0 aliphatic rings. The molecule has 0 aliphatic carbocycles. The van der Waals surface area contributed by atoms with Crippen molar-refractivity contribution in [1.29, 1.82) is 0 Å². The fourth-order valence-electron chi connectivity index (χ4n) is 3.17. The van der Waals surface area contributed by atoms with E-state index >= 15 is 0 Å². The topological polar surface area (TPSA) is 78.5 Å². The van der Waals surface area contributed by atoms with Gasteiger partial charge in [0.2, 0.25) is 10.0 Å². The summed E-state index contributed by atoms with van der Waals surface area (Å²) >= 11 is 5.24. The Labute approximate surface area is 197 Å². The Morgan fingerprint density at radius 3 is 1.94 bits per heavy atom. The number of thiocarbonyl (C=S) groups is 1. The van der Waals surface area contributed by atoms with Crippen LogP contribution in [-0.2, 0) is 15.4 Å². The summed E-state index contributed by atoms with van der Waals surface area (Å²) < 4.78 is 27.2. The second-order valence-electron chi connectivity index (χ2n) is 8.66. The lowest BCUT2D eigenvalue weighted by Crippen LogP contribution is -2.34. The molecular weight excluding hydrogens is 442 g/mol. The van der Waals surface area contributed by atoms with Gasteiger partial charge in [-0.1, -0.05) is 46.8 Å². The fourth-order valence-corrected chi connectivity index (χ4v) is 5.00. The average Bonchev–Trinajstić information content (AvgIpc) is 2.73. The summed E-state index contributed by atoms with van der Waals surface area (Å²) in [6, 6.07) is 13.8. The number of sulfonamides is 1. The van der Waals surface area contributed by atoms with E-state index in [2.05, 4.69) is 31.4 Å². The molecule has 174 valence electrons. The Morgan fingerprint density at radius 1 is 0.938 bits per heavy atom. The number of anilines is 1. The van der Waals surface area contributed by atoms with E-state index in [4.69, 9.17) is 12.2 Å². The molecule has 0 aliphatic heterocycles. The standard InChI is InChI=1S/C24H33N3O3S2/c1-6-16-27(17-7-2)32(29,30)21-14-12-20(13-15-21)25-23(31)26-22(28)18-8-10-19(11-9-18)24(3,4)5/h8-15H,6-7,16-17H2,1-5H3,(H2,25,26,28,31). The van der Waals surface area contributed by atoms with Crippen LogP contribution in [0.25, 0.3) is 0 Å². The number of hydrogen-bond donors (Lipinski definition) is 2. The predicted octanol–water partition coefficient (Wildman–Crippen LogP) is 4.92. The van der Waals surface area contributed by atoms with E-state index < -0.39 is 10.0 Å². The highest BCUT2D eigenvalue weighted by molar-refractivity contribution is 7.89. The van der Waals surface area contributed by atoms with Gasteiger partial charge in [0.25, 0.3) is 5.91 Å². The molecule has 2 aromatic rings. The SMILES string of the molecule is CCCN(CCC)S(=O)(=O)c1ccc(NC(=S)NC(=O)c2ccc(C(C)(C)C)cc2)cc1. The first-order valence-electron chi connectivity index (χ1n) is 10.8. The summed E-state index contributed by atoms with van der Waals surface area (Å²) in [6.07, 6.45) is 1.51. The maximum Gasteiger partial charge on any atom is 0.257 e. The summed E-state index contributed by atoms with van der Waals surface area (Å²) in [7, 11) is -3.54. The molecule has 2 aromatic carbocycles. The van der Waals surface area contributed by atoms with Crippen molar-refractivity contribution >= 4 is 38.9 Å². The molecule has 8 heteroatoms. The minimum Gasteiger partial charge on any atom is -0.332 e. The van der Waals surface area contributed by atoms with Crippen LogP contribution in [0.3, 0.4) is 0 Å². The van der Waals surface area contributed by atoms with Crippen molar-refractivity contribution in [1.82, 2.24) is 9.62 Å². The van der Waals surface area contributed by atoms with E-state index in [0.29, 0.717) is 24.3 Å². The second kappa shape index (κ2) is 11.0. The molecule has 2 rings (SSSR count). The van der Waals surface area contributed by atoms with Crippen molar-refractivity contribution in [2.45, 2.75) is 57.8 Å². The molecule has 0 unspecified atom stereocenters. The first-order chi connectivity index (χ1) is 15.0. The number of amides is 1. The summed E-state index contributed by atoms with van der Waals surface area (Å²) in [5, 5.41) is 5.72. The Bertz CT molecular complexity index is 1020. The number of rotatable bonds is 8. The Kier molecular flexibility index (Phi) is 8.95. The van der Waals surface area contributed by atoms with Crippen molar-refractivity contribution < 1.29 is 13.2 Å². The predicted molar refractivity (Wildman–Crippen MR) is 135 cm³/mol. The number of carbonyl (C=O) groups excluding carboxylic acids is 1. The summed E-state index contributed by atoms with van der Waals surface area (Å²) in [6.45, 7) is 11.2. The lowest BCUT2D eigenvalue weighted by molar-refractivity contribution is 0.0977. The van der Waals surface area contributed by atoms with Crippen LogP contribution in [-0.4, -0.2) is 36.8 Å². The Morgan fingerprint density at radius 2 is 1.47 bits per heavy atom. The molecule has 2 N–H and O–H groups in total. The zero-order valence-corrected chi connectivity index (χ0v) is 21.1. The van der Waals surface area contributed by atoms with Crippen LogP contribution in [0.1, 0.15) is 63.4 Å². The first-order valence-corrected chi connectivity index (χ1v) is 12.7. The highest BCUT2D eigenvalue weighted by atomic mass is 32.2. The van der Waals surface area contributed by atoms with Gasteiger partial charge in [-0.2, -0.15) is 4.31 Å². The second-order valence-corrected chi connectivity index (χ2v) is 11.0. The minimum absolute atomic E-state index is 0.00954. The van der Waals surface area contributed by atoms with Gasteiger partial charge in [0.05, 0.1) is 4.90 Å². The van der Waals surface area contributed by atoms with Gasteiger partial charge in [-0.3, -0.25) is 10.1 Å². The van der Waals surface area contributed by atoms with Crippen molar-refractivity contribution in [2.24, 2.45) is 0 Å². The van der Waals surface area contributed by atoms with Crippen LogP contribution < -0.4 is 10.6 Å². The van der Waals surface area contributed by atoms with E-state index in [9.17, 15) is 13.2 Å². The third-order valence-corrected chi connectivity index (χ3v) is 7.05. The van der Waals surface area contributed by atoms with Gasteiger partial charge in [-0.15, -0.1) is 0 Å². The van der Waals surface area contributed by atoms with Gasteiger partial charge in [0, 0.05) is 24.3 Å². The smallest absolute Gasteiger partial charge is 0.257 e. The molecule has 0 radical (unpaired) electrons. The summed E-state index contributed by atoms with van der Waals surface area (Å²) in [5.41, 5.74) is 2.25. The third kappa shape index (κ3) is 6.85. The first kappa shape index (κ1) is 26.0. The molecule has 0 heterocycles. The lowest BCUT2D eigenvalue weighted by Gasteiger charge is -2.21. The maximum absolute atomic E-state index is 12.9. The number of hydrogen-bond acceptors (Lipinski definition) is 4. The number of nitrogens with zero attached hydrogens (tertiary/aromatic N) is 1. The number of nitrogens with one attached hydrogen (secondary N) is 2. The van der Waals surface area contributed by atoms with Crippen LogP contribution in [0.2, 0.25) is 0 Å². The van der Waals surface area contributed by atoms with Gasteiger partial charge in [0.15, 0.2) is 5.11 Å².